The van der Waals surface area contributed by atoms with Crippen LogP contribution in [0, 0.1) is 4.77 Å². The maximum Gasteiger partial charge on any atom is 0.298 e. The van der Waals surface area contributed by atoms with Gasteiger partial charge in [0.25, 0.3) is 6.01 Å². The van der Waals surface area contributed by atoms with Crippen molar-refractivity contribution in [2.24, 2.45) is 0 Å². The van der Waals surface area contributed by atoms with Gasteiger partial charge in [-0.25, -0.2) is 0 Å². The fourth-order valence-electron chi connectivity index (χ4n) is 0.477. The van der Waals surface area contributed by atoms with Gasteiger partial charge in [0.15, 0.2) is 0 Å². The third-order valence-corrected chi connectivity index (χ3v) is 1.02. The van der Waals surface area contributed by atoms with Crippen LogP contribution in [0.15, 0.2) is 0 Å². The average molecular weight is 158 g/mol. The lowest BCUT2D eigenvalue weighted by Crippen LogP contribution is -1.99. The van der Waals surface area contributed by atoms with Crippen LogP contribution in [0.2, 0.25) is 0 Å². The Hall–Kier alpha value is -1.17. The number of rotatable bonds is 1. The van der Waals surface area contributed by atoms with Crippen molar-refractivity contribution in [3.63, 3.8) is 0 Å². The molecule has 0 unspecified atom stereocenters. The molecule has 1 heterocycles. The van der Waals surface area contributed by atoms with Gasteiger partial charge < -0.3 is 10.5 Å². The first-order valence-corrected chi connectivity index (χ1v) is 2.91. The van der Waals surface area contributed by atoms with E-state index in [2.05, 4.69) is 27.2 Å². The summed E-state index contributed by atoms with van der Waals surface area (Å²) in [5.41, 5.74) is 5.28. The molecular formula is C4H6N4OS. The number of aromatic amines is 1. The molecule has 0 bridgehead atoms. The number of aromatic nitrogens is 3. The number of hydrogen-bond acceptors (Lipinski definition) is 5. The topological polar surface area (TPSA) is 76.8 Å². The highest BCUT2D eigenvalue weighted by atomic mass is 32.1. The van der Waals surface area contributed by atoms with Crippen LogP contribution in [-0.2, 0) is 0 Å². The molecule has 0 atom stereocenters. The molecular weight excluding hydrogens is 152 g/mol. The van der Waals surface area contributed by atoms with Crippen LogP contribution >= 0.6 is 12.2 Å². The summed E-state index contributed by atoms with van der Waals surface area (Å²) in [5.74, 6) is 0.205. The molecule has 0 spiro atoms. The van der Waals surface area contributed by atoms with Gasteiger partial charge in [-0.1, -0.05) is 0 Å². The summed E-state index contributed by atoms with van der Waals surface area (Å²) in [5, 5.41) is 0. The van der Waals surface area contributed by atoms with Crippen LogP contribution in [0.1, 0.15) is 0 Å². The molecule has 5 nitrogen and oxygen atoms in total. The van der Waals surface area contributed by atoms with Gasteiger partial charge in [0.2, 0.25) is 10.7 Å². The minimum Gasteiger partial charge on any atom is -0.468 e. The van der Waals surface area contributed by atoms with Crippen LogP contribution in [0.3, 0.4) is 0 Å². The van der Waals surface area contributed by atoms with E-state index in [9.17, 15) is 0 Å². The smallest absolute Gasteiger partial charge is 0.298 e. The lowest BCUT2D eigenvalue weighted by atomic mass is 10.9. The molecule has 0 aromatic carbocycles. The van der Waals surface area contributed by atoms with Crippen LogP contribution in [0.4, 0.5) is 5.95 Å². The largest absolute Gasteiger partial charge is 0.468 e. The van der Waals surface area contributed by atoms with E-state index in [0.29, 0.717) is 0 Å². The second-order valence-electron chi connectivity index (χ2n) is 1.53. The van der Waals surface area contributed by atoms with E-state index in [1.807, 2.05) is 0 Å². The first-order chi connectivity index (χ1) is 4.72. The number of ether oxygens (including phenoxy) is 1. The molecule has 54 valence electrons. The number of hydrogen-bond donors (Lipinski definition) is 2. The molecule has 0 aliphatic rings. The van der Waals surface area contributed by atoms with Crippen molar-refractivity contribution in [3.8, 4) is 6.01 Å². The van der Waals surface area contributed by atoms with Crippen LogP contribution in [0.5, 0.6) is 6.01 Å². The van der Waals surface area contributed by atoms with Crippen molar-refractivity contribution in [1.82, 2.24) is 15.0 Å². The molecule has 0 radical (unpaired) electrons. The minimum absolute atomic E-state index is 0.174. The van der Waals surface area contributed by atoms with E-state index >= 15 is 0 Å². The first-order valence-electron chi connectivity index (χ1n) is 2.50. The van der Waals surface area contributed by atoms with Gasteiger partial charge in [-0.3, -0.25) is 4.98 Å². The van der Waals surface area contributed by atoms with Crippen molar-refractivity contribution in [2.75, 3.05) is 12.8 Å². The molecule has 3 N–H and O–H groups in total. The molecule has 0 aliphatic carbocycles. The summed E-state index contributed by atoms with van der Waals surface area (Å²) < 4.78 is 4.90. The zero-order chi connectivity index (χ0) is 7.56. The molecule has 1 aromatic rings. The Morgan fingerprint density at radius 2 is 2.30 bits per heavy atom. The maximum atomic E-state index is 5.28. The van der Waals surface area contributed by atoms with E-state index in [-0.39, 0.29) is 16.7 Å². The summed E-state index contributed by atoms with van der Waals surface area (Å²) in [6.45, 7) is 0. The number of nitrogens with zero attached hydrogens (tertiary/aromatic N) is 2. The van der Waals surface area contributed by atoms with Gasteiger partial charge >= 0.3 is 0 Å². The summed E-state index contributed by atoms with van der Waals surface area (Å²) in [6.07, 6.45) is 0. The molecule has 0 saturated carbocycles. The minimum atomic E-state index is 0.174. The van der Waals surface area contributed by atoms with Gasteiger partial charge in [0.05, 0.1) is 7.11 Å². The van der Waals surface area contributed by atoms with Gasteiger partial charge in [-0.2, -0.15) is 9.97 Å². The SMILES string of the molecule is COc1nc(=S)nc(N)[nH]1. The maximum absolute atomic E-state index is 5.28. The molecule has 10 heavy (non-hydrogen) atoms. The summed E-state index contributed by atoms with van der Waals surface area (Å²) in [7, 11) is 1.47. The predicted molar refractivity (Wildman–Crippen MR) is 38.2 cm³/mol. The Bertz CT molecular complexity index is 283. The second-order valence-corrected chi connectivity index (χ2v) is 1.89. The quantitative estimate of drug-likeness (QED) is 0.568. The summed E-state index contributed by atoms with van der Waals surface area (Å²) in [6, 6.07) is 0.275. The molecule has 1 rings (SSSR count). The zero-order valence-corrected chi connectivity index (χ0v) is 6.10. The van der Waals surface area contributed by atoms with E-state index in [0.717, 1.165) is 0 Å². The van der Waals surface area contributed by atoms with Crippen molar-refractivity contribution in [3.05, 3.63) is 4.77 Å². The van der Waals surface area contributed by atoms with Gasteiger partial charge in [-0.05, 0) is 12.2 Å². The highest BCUT2D eigenvalue weighted by Gasteiger charge is 1.93. The molecule has 0 aliphatic heterocycles. The van der Waals surface area contributed by atoms with E-state index in [4.69, 9.17) is 10.5 Å². The standard InChI is InChI=1S/C4H6N4OS/c1-9-3-6-2(5)7-4(10)8-3/h1H3,(H3,5,6,7,8,10). The number of H-pyrrole nitrogens is 1. The number of nitrogens with two attached hydrogens (primary N) is 1. The predicted octanol–water partition coefficient (Wildman–Crippen LogP) is 0.125. The highest BCUT2D eigenvalue weighted by molar-refractivity contribution is 7.71. The summed E-state index contributed by atoms with van der Waals surface area (Å²) >= 11 is 4.65. The third kappa shape index (κ3) is 1.41. The van der Waals surface area contributed by atoms with Crippen LogP contribution < -0.4 is 10.5 Å². The Morgan fingerprint density at radius 3 is 2.80 bits per heavy atom. The molecule has 6 heteroatoms. The van der Waals surface area contributed by atoms with Crippen LogP contribution in [0.25, 0.3) is 0 Å². The first kappa shape index (κ1) is 6.94. The molecule has 0 fully saturated rings. The summed E-state index contributed by atoms with van der Waals surface area (Å²) in [4.78, 5) is 9.89. The van der Waals surface area contributed by atoms with Crippen molar-refractivity contribution < 1.29 is 4.74 Å². The Balaban J connectivity index is 3.19. The van der Waals surface area contributed by atoms with E-state index < -0.39 is 0 Å². The van der Waals surface area contributed by atoms with Crippen molar-refractivity contribution in [2.45, 2.75) is 0 Å². The number of nitrogen functional groups attached to an aromatic ring is 1. The third-order valence-electron chi connectivity index (χ3n) is 0.842. The average Bonchev–Trinajstić information content (AvgIpc) is 1.85. The lowest BCUT2D eigenvalue weighted by Gasteiger charge is -1.97. The van der Waals surface area contributed by atoms with Crippen molar-refractivity contribution in [1.29, 1.82) is 0 Å². The highest BCUT2D eigenvalue weighted by Crippen LogP contribution is 1.99. The number of anilines is 1. The number of nitrogens with one attached hydrogen (secondary N) is 1. The van der Waals surface area contributed by atoms with Gasteiger partial charge in [-0.15, -0.1) is 0 Å². The number of methoxy groups -OCH3 is 1. The van der Waals surface area contributed by atoms with Crippen molar-refractivity contribution >= 4 is 18.2 Å². The van der Waals surface area contributed by atoms with Gasteiger partial charge in [0, 0.05) is 0 Å². The Labute approximate surface area is 62.3 Å². The fourth-order valence-corrected chi connectivity index (χ4v) is 0.658. The molecule has 0 saturated heterocycles. The fraction of sp³-hybridized carbons (Fsp3) is 0.250. The van der Waals surface area contributed by atoms with Gasteiger partial charge in [0.1, 0.15) is 0 Å². The normalized spacial score (nSPS) is 9.30. The van der Waals surface area contributed by atoms with Crippen LogP contribution in [-0.4, -0.2) is 22.1 Å². The Morgan fingerprint density at radius 1 is 1.60 bits per heavy atom. The second kappa shape index (κ2) is 2.61. The zero-order valence-electron chi connectivity index (χ0n) is 5.29. The van der Waals surface area contributed by atoms with E-state index in [1.54, 1.807) is 0 Å². The van der Waals surface area contributed by atoms with E-state index in [1.165, 1.54) is 7.11 Å². The molecule has 1 aromatic heterocycles. The monoisotopic (exact) mass is 158 g/mol. The lowest BCUT2D eigenvalue weighted by molar-refractivity contribution is 0.378. The Kier molecular flexibility index (Phi) is 1.81. The molecule has 0 amide bonds.